The van der Waals surface area contributed by atoms with E-state index in [1.807, 2.05) is 0 Å². The monoisotopic (exact) mass is 381 g/mol. The number of benzene rings is 1. The van der Waals surface area contributed by atoms with E-state index in [0.717, 1.165) is 16.7 Å². The summed E-state index contributed by atoms with van der Waals surface area (Å²) in [5, 5.41) is 26.2. The van der Waals surface area contributed by atoms with Crippen molar-refractivity contribution in [3.63, 3.8) is 0 Å². The summed E-state index contributed by atoms with van der Waals surface area (Å²) in [7, 11) is 0. The first-order chi connectivity index (χ1) is 12.1. The number of nitrogens with zero attached hydrogens (tertiary/aromatic N) is 3. The number of halogens is 4. The Morgan fingerprint density at radius 2 is 1.88 bits per heavy atom. The largest absolute Gasteiger partial charge is 0.508 e. The Bertz CT molecular complexity index is 1110. The van der Waals surface area contributed by atoms with Gasteiger partial charge in [0.05, 0.1) is 10.7 Å². The van der Waals surface area contributed by atoms with Gasteiger partial charge in [0, 0.05) is 5.56 Å². The third kappa shape index (κ3) is 3.01. The van der Waals surface area contributed by atoms with Gasteiger partial charge in [0.25, 0.3) is 0 Å². The summed E-state index contributed by atoms with van der Waals surface area (Å²) in [6.45, 7) is 1.49. The number of alkyl halides is 3. The zero-order valence-electron chi connectivity index (χ0n) is 13.2. The Labute approximate surface area is 149 Å². The number of phenols is 1. The highest BCUT2D eigenvalue weighted by Gasteiger charge is 2.33. The van der Waals surface area contributed by atoms with E-state index < -0.39 is 17.7 Å². The van der Waals surface area contributed by atoms with Gasteiger partial charge in [-0.15, -0.1) is 0 Å². The number of aromatic nitrogens is 3. The van der Waals surface area contributed by atoms with Gasteiger partial charge in [0.15, 0.2) is 11.1 Å². The Balaban J connectivity index is 2.36. The Kier molecular flexibility index (Phi) is 4.19. The lowest BCUT2D eigenvalue weighted by Crippen LogP contribution is -2.31. The molecule has 0 saturated heterocycles. The van der Waals surface area contributed by atoms with Crippen molar-refractivity contribution in [1.29, 1.82) is 10.8 Å². The SMILES string of the molecule is Cc1nc2ccc(C(F)(F)F)nc2n(C(=N)c2cc(O)ccc2Cl)c1=N. The third-order valence-corrected chi connectivity index (χ3v) is 3.97. The molecule has 10 heteroatoms. The first-order valence-corrected chi connectivity index (χ1v) is 7.57. The number of pyridine rings is 1. The minimum atomic E-state index is -4.69. The van der Waals surface area contributed by atoms with Gasteiger partial charge >= 0.3 is 6.18 Å². The van der Waals surface area contributed by atoms with Crippen LogP contribution in [0.15, 0.2) is 30.3 Å². The average molecular weight is 382 g/mol. The van der Waals surface area contributed by atoms with E-state index in [2.05, 4.69) is 9.97 Å². The van der Waals surface area contributed by atoms with Gasteiger partial charge in [-0.1, -0.05) is 11.6 Å². The van der Waals surface area contributed by atoms with Crippen LogP contribution in [0.3, 0.4) is 0 Å². The Hall–Kier alpha value is -2.94. The van der Waals surface area contributed by atoms with Crippen LogP contribution in [0.25, 0.3) is 11.2 Å². The van der Waals surface area contributed by atoms with Crippen molar-refractivity contribution in [2.75, 3.05) is 0 Å². The van der Waals surface area contributed by atoms with Crippen molar-refractivity contribution < 1.29 is 18.3 Å². The van der Waals surface area contributed by atoms with Crippen LogP contribution in [-0.4, -0.2) is 25.5 Å². The lowest BCUT2D eigenvalue weighted by molar-refractivity contribution is -0.141. The van der Waals surface area contributed by atoms with E-state index in [4.69, 9.17) is 22.4 Å². The van der Waals surface area contributed by atoms with Crippen molar-refractivity contribution in [3.05, 3.63) is 57.8 Å². The van der Waals surface area contributed by atoms with E-state index in [9.17, 15) is 18.3 Å². The second kappa shape index (κ2) is 6.10. The summed E-state index contributed by atoms with van der Waals surface area (Å²) in [6, 6.07) is 5.75. The topological polar surface area (TPSA) is 98.6 Å². The smallest absolute Gasteiger partial charge is 0.433 e. The van der Waals surface area contributed by atoms with E-state index in [0.29, 0.717) is 0 Å². The number of fused-ring (bicyclic) bond motifs is 1. The molecule has 0 aliphatic carbocycles. The van der Waals surface area contributed by atoms with Crippen molar-refractivity contribution in [3.8, 4) is 5.75 Å². The molecule has 0 saturated carbocycles. The van der Waals surface area contributed by atoms with Crippen LogP contribution in [0.1, 0.15) is 17.0 Å². The maximum Gasteiger partial charge on any atom is 0.433 e. The zero-order valence-corrected chi connectivity index (χ0v) is 13.9. The number of rotatable bonds is 1. The number of phenolic OH excluding ortho intramolecular Hbond substituents is 1. The lowest BCUT2D eigenvalue weighted by Gasteiger charge is -2.15. The molecule has 26 heavy (non-hydrogen) atoms. The zero-order chi connectivity index (χ0) is 19.2. The molecule has 6 nitrogen and oxygen atoms in total. The fraction of sp³-hybridized carbons (Fsp3) is 0.125. The molecule has 0 radical (unpaired) electrons. The lowest BCUT2D eigenvalue weighted by atomic mass is 10.2. The van der Waals surface area contributed by atoms with E-state index >= 15 is 0 Å². The molecule has 3 aromatic rings. The average Bonchev–Trinajstić information content (AvgIpc) is 2.56. The highest BCUT2D eigenvalue weighted by atomic mass is 35.5. The minimum Gasteiger partial charge on any atom is -0.508 e. The number of hydrogen-bond acceptors (Lipinski definition) is 5. The second-order valence-electron chi connectivity index (χ2n) is 5.43. The summed E-state index contributed by atoms with van der Waals surface area (Å²) in [5.74, 6) is -0.585. The highest BCUT2D eigenvalue weighted by molar-refractivity contribution is 6.34. The summed E-state index contributed by atoms with van der Waals surface area (Å²) in [6.07, 6.45) is -4.69. The van der Waals surface area contributed by atoms with Crippen LogP contribution in [0.5, 0.6) is 5.75 Å². The summed E-state index contributed by atoms with van der Waals surface area (Å²) in [4.78, 5) is 7.61. The molecule has 0 atom stereocenters. The highest BCUT2D eigenvalue weighted by Crippen LogP contribution is 2.29. The number of aryl methyl sites for hydroxylation is 1. The van der Waals surface area contributed by atoms with Gasteiger partial charge < -0.3 is 5.11 Å². The van der Waals surface area contributed by atoms with E-state index in [1.165, 1.54) is 25.1 Å². The fourth-order valence-corrected chi connectivity index (χ4v) is 2.59. The molecule has 2 heterocycles. The molecule has 0 amide bonds. The number of nitrogens with one attached hydrogen (secondary N) is 2. The van der Waals surface area contributed by atoms with Gasteiger partial charge in [-0.2, -0.15) is 13.2 Å². The predicted molar refractivity (Wildman–Crippen MR) is 88.5 cm³/mol. The molecule has 0 fully saturated rings. The molecular weight excluding hydrogens is 371 g/mol. The Morgan fingerprint density at radius 1 is 1.19 bits per heavy atom. The molecule has 3 N–H and O–H groups in total. The van der Waals surface area contributed by atoms with Crippen LogP contribution < -0.4 is 5.49 Å². The quantitative estimate of drug-likeness (QED) is 0.444. The standard InChI is InChI=1S/C16H11ClF3N5O/c1-7-13(21)25(14(22)9-6-8(26)2-3-10(9)17)15-11(23-7)4-5-12(24-15)16(18,19)20/h2-6,21-22,26H,1H3. The van der Waals surface area contributed by atoms with Crippen LogP contribution in [0.2, 0.25) is 5.02 Å². The maximum atomic E-state index is 13.0. The van der Waals surface area contributed by atoms with Crippen molar-refractivity contribution >= 4 is 28.6 Å². The van der Waals surface area contributed by atoms with Gasteiger partial charge in [-0.25, -0.2) is 9.97 Å². The van der Waals surface area contributed by atoms with Crippen molar-refractivity contribution in [1.82, 2.24) is 14.5 Å². The molecule has 0 aliphatic rings. The van der Waals surface area contributed by atoms with E-state index in [1.54, 1.807) is 0 Å². The fourth-order valence-electron chi connectivity index (χ4n) is 2.38. The summed E-state index contributed by atoms with van der Waals surface area (Å²) in [5.41, 5.74) is -1.46. The van der Waals surface area contributed by atoms with Crippen LogP contribution >= 0.6 is 11.6 Å². The van der Waals surface area contributed by atoms with Crippen LogP contribution in [-0.2, 0) is 6.18 Å². The third-order valence-electron chi connectivity index (χ3n) is 3.64. The van der Waals surface area contributed by atoms with Crippen LogP contribution in [0.4, 0.5) is 13.2 Å². The summed E-state index contributed by atoms with van der Waals surface area (Å²) >= 11 is 6.05. The molecule has 1 aromatic carbocycles. The molecule has 0 spiro atoms. The minimum absolute atomic E-state index is 0.0382. The van der Waals surface area contributed by atoms with Gasteiger partial charge in [-0.3, -0.25) is 15.4 Å². The maximum absolute atomic E-state index is 13.0. The molecular formula is C16H11ClF3N5O. The van der Waals surface area contributed by atoms with Gasteiger partial charge in [0.2, 0.25) is 0 Å². The normalized spacial score (nSPS) is 11.7. The molecule has 3 rings (SSSR count). The predicted octanol–water partition coefficient (Wildman–Crippen LogP) is 3.47. The first-order valence-electron chi connectivity index (χ1n) is 7.19. The molecule has 0 unspecified atom stereocenters. The number of aromatic hydroxyl groups is 1. The number of hydrogen-bond donors (Lipinski definition) is 3. The van der Waals surface area contributed by atoms with Gasteiger partial charge in [-0.05, 0) is 37.3 Å². The van der Waals surface area contributed by atoms with Gasteiger partial charge in [0.1, 0.15) is 22.8 Å². The van der Waals surface area contributed by atoms with Crippen molar-refractivity contribution in [2.45, 2.75) is 13.1 Å². The van der Waals surface area contributed by atoms with Crippen LogP contribution in [0, 0.1) is 17.7 Å². The van der Waals surface area contributed by atoms with E-state index in [-0.39, 0.29) is 38.7 Å². The summed E-state index contributed by atoms with van der Waals surface area (Å²) < 4.78 is 40.0. The Morgan fingerprint density at radius 3 is 2.54 bits per heavy atom. The van der Waals surface area contributed by atoms with Crippen molar-refractivity contribution in [2.24, 2.45) is 0 Å². The molecule has 2 aromatic heterocycles. The second-order valence-corrected chi connectivity index (χ2v) is 5.84. The first kappa shape index (κ1) is 17.9. The molecule has 134 valence electrons. The molecule has 0 aliphatic heterocycles. The molecule has 0 bridgehead atoms.